The third kappa shape index (κ3) is 3.88. The molecule has 1 heterocycles. The van der Waals surface area contributed by atoms with E-state index >= 15 is 0 Å². The first-order chi connectivity index (χ1) is 9.70. The van der Waals surface area contributed by atoms with Crippen molar-refractivity contribution in [2.24, 2.45) is 0 Å². The molecule has 0 aliphatic rings. The number of hydrogen-bond acceptors (Lipinski definition) is 3. The summed E-state index contributed by atoms with van der Waals surface area (Å²) in [6.07, 6.45) is 0.790. The van der Waals surface area contributed by atoms with Gasteiger partial charge in [0.1, 0.15) is 5.82 Å². The summed E-state index contributed by atoms with van der Waals surface area (Å²) < 4.78 is 17.8. The maximum Gasteiger partial charge on any atom is 0.261 e. The van der Waals surface area contributed by atoms with Gasteiger partial charge in [0, 0.05) is 25.1 Å². The lowest BCUT2D eigenvalue weighted by atomic mass is 10.2. The molecule has 1 amide bonds. The zero-order chi connectivity index (χ0) is 14.4. The number of hydrogen-bond donors (Lipinski definition) is 1. The van der Waals surface area contributed by atoms with Gasteiger partial charge in [-0.05, 0) is 36.2 Å². The predicted octanol–water partition coefficient (Wildman–Crippen LogP) is 3.32. The van der Waals surface area contributed by atoms with Crippen LogP contribution in [0.4, 0.5) is 4.39 Å². The maximum absolute atomic E-state index is 12.9. The van der Waals surface area contributed by atoms with Crippen molar-refractivity contribution in [3.05, 3.63) is 47.1 Å². The van der Waals surface area contributed by atoms with Gasteiger partial charge in [-0.1, -0.05) is 12.1 Å². The molecule has 1 N–H and O–H groups in total. The molecule has 0 unspecified atom stereocenters. The number of carbonyl (C=O) groups excluding carboxylic acids is 1. The summed E-state index contributed by atoms with van der Waals surface area (Å²) in [4.78, 5) is 13.5. The normalized spacial score (nSPS) is 10.5. The van der Waals surface area contributed by atoms with Gasteiger partial charge >= 0.3 is 0 Å². The van der Waals surface area contributed by atoms with Crippen LogP contribution in [-0.2, 0) is 4.74 Å². The lowest BCUT2D eigenvalue weighted by molar-refractivity contribution is 0.0952. The van der Waals surface area contributed by atoms with Crippen LogP contribution in [0.1, 0.15) is 16.1 Å². The van der Waals surface area contributed by atoms with Gasteiger partial charge in [-0.3, -0.25) is 4.79 Å². The third-order valence-corrected chi connectivity index (χ3v) is 3.90. The number of ether oxygens (including phenoxy) is 1. The molecule has 3 nitrogen and oxygen atoms in total. The van der Waals surface area contributed by atoms with Crippen LogP contribution in [-0.4, -0.2) is 26.2 Å². The minimum Gasteiger partial charge on any atom is -0.385 e. The molecule has 0 saturated carbocycles. The number of rotatable bonds is 6. The van der Waals surface area contributed by atoms with Crippen LogP contribution in [0.25, 0.3) is 10.4 Å². The second kappa shape index (κ2) is 7.17. The van der Waals surface area contributed by atoms with E-state index in [1.54, 1.807) is 25.3 Å². The fourth-order valence-electron chi connectivity index (χ4n) is 1.73. The van der Waals surface area contributed by atoms with Crippen molar-refractivity contribution in [3.63, 3.8) is 0 Å². The van der Waals surface area contributed by atoms with Crippen LogP contribution in [0, 0.1) is 5.82 Å². The lowest BCUT2D eigenvalue weighted by Crippen LogP contribution is -2.24. The van der Waals surface area contributed by atoms with Gasteiger partial charge in [-0.2, -0.15) is 0 Å². The molecule has 0 aliphatic heterocycles. The van der Waals surface area contributed by atoms with Crippen molar-refractivity contribution in [1.82, 2.24) is 5.32 Å². The summed E-state index contributed by atoms with van der Waals surface area (Å²) in [7, 11) is 1.63. The molecule has 0 spiro atoms. The van der Waals surface area contributed by atoms with E-state index in [4.69, 9.17) is 4.74 Å². The SMILES string of the molecule is COCCCNC(=O)c1ccc(-c2ccc(F)cc2)s1. The first-order valence-corrected chi connectivity index (χ1v) is 7.15. The molecule has 2 rings (SSSR count). The summed E-state index contributed by atoms with van der Waals surface area (Å²) in [6.45, 7) is 1.22. The summed E-state index contributed by atoms with van der Waals surface area (Å²) in [5.74, 6) is -0.346. The number of halogens is 1. The molecule has 0 radical (unpaired) electrons. The van der Waals surface area contributed by atoms with E-state index in [0.717, 1.165) is 16.9 Å². The highest BCUT2D eigenvalue weighted by Crippen LogP contribution is 2.28. The molecule has 0 fully saturated rings. The minimum absolute atomic E-state index is 0.0838. The zero-order valence-electron chi connectivity index (χ0n) is 11.2. The Morgan fingerprint density at radius 2 is 2.00 bits per heavy atom. The van der Waals surface area contributed by atoms with Crippen molar-refractivity contribution < 1.29 is 13.9 Å². The molecule has 106 valence electrons. The first-order valence-electron chi connectivity index (χ1n) is 6.33. The van der Waals surface area contributed by atoms with Gasteiger partial charge in [0.25, 0.3) is 5.91 Å². The third-order valence-electron chi connectivity index (χ3n) is 2.77. The lowest BCUT2D eigenvalue weighted by Gasteiger charge is -2.02. The van der Waals surface area contributed by atoms with E-state index in [-0.39, 0.29) is 11.7 Å². The van der Waals surface area contributed by atoms with Crippen molar-refractivity contribution in [2.75, 3.05) is 20.3 Å². The Morgan fingerprint density at radius 1 is 1.25 bits per heavy atom. The fourth-order valence-corrected chi connectivity index (χ4v) is 2.66. The molecule has 2 aromatic rings. The van der Waals surface area contributed by atoms with E-state index in [1.807, 2.05) is 6.07 Å². The number of amides is 1. The standard InChI is InChI=1S/C15H16FNO2S/c1-19-10-2-9-17-15(18)14-8-7-13(20-14)11-3-5-12(16)6-4-11/h3-8H,2,9-10H2,1H3,(H,17,18). The van der Waals surface area contributed by atoms with Crippen LogP contribution in [0.2, 0.25) is 0 Å². The average molecular weight is 293 g/mol. The molecule has 1 aromatic carbocycles. The van der Waals surface area contributed by atoms with E-state index < -0.39 is 0 Å². The number of methoxy groups -OCH3 is 1. The molecular formula is C15H16FNO2S. The average Bonchev–Trinajstić information content (AvgIpc) is 2.94. The molecule has 0 atom stereocenters. The highest BCUT2D eigenvalue weighted by molar-refractivity contribution is 7.17. The van der Waals surface area contributed by atoms with Crippen LogP contribution in [0.5, 0.6) is 0 Å². The Kier molecular flexibility index (Phi) is 5.26. The molecule has 0 saturated heterocycles. The van der Waals surface area contributed by atoms with Crippen LogP contribution < -0.4 is 5.32 Å². The van der Waals surface area contributed by atoms with Crippen LogP contribution >= 0.6 is 11.3 Å². The zero-order valence-corrected chi connectivity index (χ0v) is 12.0. The minimum atomic E-state index is -0.263. The monoisotopic (exact) mass is 293 g/mol. The van der Waals surface area contributed by atoms with Crippen molar-refractivity contribution >= 4 is 17.2 Å². The van der Waals surface area contributed by atoms with Crippen molar-refractivity contribution in [3.8, 4) is 10.4 Å². The van der Waals surface area contributed by atoms with E-state index in [9.17, 15) is 9.18 Å². The summed E-state index contributed by atoms with van der Waals surface area (Å²) in [5.41, 5.74) is 0.912. The number of benzene rings is 1. The van der Waals surface area contributed by atoms with Crippen molar-refractivity contribution in [1.29, 1.82) is 0 Å². The van der Waals surface area contributed by atoms with Gasteiger partial charge < -0.3 is 10.1 Å². The molecular weight excluding hydrogens is 277 g/mol. The van der Waals surface area contributed by atoms with Crippen LogP contribution in [0.15, 0.2) is 36.4 Å². The number of carbonyl (C=O) groups is 1. The summed E-state index contributed by atoms with van der Waals surface area (Å²) >= 11 is 1.40. The number of thiophene rings is 1. The molecule has 20 heavy (non-hydrogen) atoms. The van der Waals surface area contributed by atoms with Gasteiger partial charge in [0.2, 0.25) is 0 Å². The fraction of sp³-hybridized carbons (Fsp3) is 0.267. The Morgan fingerprint density at radius 3 is 2.70 bits per heavy atom. The summed E-state index contributed by atoms with van der Waals surface area (Å²) in [5, 5.41) is 2.84. The Bertz CT molecular complexity index is 566. The van der Waals surface area contributed by atoms with Crippen LogP contribution in [0.3, 0.4) is 0 Å². The molecule has 0 aliphatic carbocycles. The summed E-state index contributed by atoms with van der Waals surface area (Å²) in [6, 6.07) is 9.92. The van der Waals surface area contributed by atoms with Gasteiger partial charge in [-0.25, -0.2) is 4.39 Å². The Labute approximate surface area is 121 Å². The smallest absolute Gasteiger partial charge is 0.261 e. The van der Waals surface area contributed by atoms with Gasteiger partial charge in [-0.15, -0.1) is 11.3 Å². The highest BCUT2D eigenvalue weighted by atomic mass is 32.1. The molecule has 5 heteroatoms. The van der Waals surface area contributed by atoms with Gasteiger partial charge in [0.05, 0.1) is 4.88 Å². The number of nitrogens with one attached hydrogen (secondary N) is 1. The second-order valence-corrected chi connectivity index (χ2v) is 5.36. The largest absolute Gasteiger partial charge is 0.385 e. The Hall–Kier alpha value is -1.72. The second-order valence-electron chi connectivity index (χ2n) is 4.27. The first kappa shape index (κ1) is 14.7. The predicted molar refractivity (Wildman–Crippen MR) is 78.5 cm³/mol. The Balaban J connectivity index is 1.98. The molecule has 1 aromatic heterocycles. The topological polar surface area (TPSA) is 38.3 Å². The highest BCUT2D eigenvalue weighted by Gasteiger charge is 2.09. The van der Waals surface area contributed by atoms with Gasteiger partial charge in [0.15, 0.2) is 0 Å². The van der Waals surface area contributed by atoms with Crippen molar-refractivity contribution in [2.45, 2.75) is 6.42 Å². The molecule has 0 bridgehead atoms. The van der Waals surface area contributed by atoms with E-state index in [1.165, 1.54) is 23.5 Å². The van der Waals surface area contributed by atoms with E-state index in [0.29, 0.717) is 18.0 Å². The van der Waals surface area contributed by atoms with E-state index in [2.05, 4.69) is 5.32 Å². The quantitative estimate of drug-likeness (QED) is 0.830. The maximum atomic E-state index is 12.9.